The van der Waals surface area contributed by atoms with Crippen molar-refractivity contribution in [3.8, 4) is 0 Å². The zero-order valence-electron chi connectivity index (χ0n) is 17.9. The van der Waals surface area contributed by atoms with Gasteiger partial charge in [-0.2, -0.15) is 0 Å². The molecule has 0 radical (unpaired) electrons. The average molecular weight is 385 g/mol. The molecular weight excluding hydrogens is 352 g/mol. The second kappa shape index (κ2) is 10.9. The lowest BCUT2D eigenvalue weighted by molar-refractivity contribution is 0.621. The number of hydrogen-bond donors (Lipinski definition) is 1. The highest BCUT2D eigenvalue weighted by Crippen LogP contribution is 2.25. The van der Waals surface area contributed by atoms with E-state index in [2.05, 4.69) is 98.7 Å². The normalized spacial score (nSPS) is 18.2. The van der Waals surface area contributed by atoms with Crippen LogP contribution < -0.4 is 16.2 Å². The molecule has 1 aromatic rings. The quantitative estimate of drug-likeness (QED) is 0.695. The summed E-state index contributed by atoms with van der Waals surface area (Å²) >= 11 is 0. The molecule has 0 fully saturated rings. The van der Waals surface area contributed by atoms with Crippen LogP contribution in [0.2, 0.25) is 0 Å². The third-order valence-corrected chi connectivity index (χ3v) is 4.61. The molecule has 2 nitrogen and oxygen atoms in total. The molecule has 2 heteroatoms. The maximum absolute atomic E-state index is 5.41. The zero-order valence-corrected chi connectivity index (χ0v) is 17.9. The minimum absolute atomic E-state index is 0.0327. The van der Waals surface area contributed by atoms with E-state index in [4.69, 9.17) is 5.73 Å². The fraction of sp³-hybridized carbons (Fsp3) is 0.185. The van der Waals surface area contributed by atoms with E-state index < -0.39 is 0 Å². The Labute approximate surface area is 175 Å². The largest absolute Gasteiger partial charge is 0.405 e. The van der Waals surface area contributed by atoms with Crippen LogP contribution in [-0.4, -0.2) is 4.90 Å². The first-order valence-electron chi connectivity index (χ1n) is 9.97. The van der Waals surface area contributed by atoms with Crippen molar-refractivity contribution in [3.63, 3.8) is 0 Å². The predicted octanol–water partition coefficient (Wildman–Crippen LogP) is 5.05. The lowest BCUT2D eigenvalue weighted by Crippen LogP contribution is -2.30. The van der Waals surface area contributed by atoms with Crippen molar-refractivity contribution in [2.45, 2.75) is 27.7 Å². The number of hydrogen-bond acceptors (Lipinski definition) is 2. The van der Waals surface area contributed by atoms with Gasteiger partial charge in [-0.05, 0) is 49.6 Å². The van der Waals surface area contributed by atoms with Gasteiger partial charge in [0.2, 0.25) is 0 Å². The summed E-state index contributed by atoms with van der Waals surface area (Å²) in [6.07, 6.45) is 28.5. The molecule has 1 aliphatic carbocycles. The monoisotopic (exact) mass is 384 g/mol. The van der Waals surface area contributed by atoms with Crippen molar-refractivity contribution in [2.24, 2.45) is 11.1 Å². The molecule has 0 unspecified atom stereocenters. The highest BCUT2D eigenvalue weighted by molar-refractivity contribution is 5.51. The molecular formula is C27H32N2. The van der Waals surface area contributed by atoms with E-state index >= 15 is 0 Å². The number of nitrogens with zero attached hydrogens (tertiary/aromatic N) is 1. The Morgan fingerprint density at radius 2 is 1.76 bits per heavy atom. The third-order valence-electron chi connectivity index (χ3n) is 4.61. The summed E-state index contributed by atoms with van der Waals surface area (Å²) in [6.45, 7) is 8.60. The van der Waals surface area contributed by atoms with Crippen molar-refractivity contribution >= 4 is 11.8 Å². The highest BCUT2D eigenvalue weighted by Gasteiger charge is 2.14. The molecule has 0 heterocycles. The van der Waals surface area contributed by atoms with E-state index in [0.717, 1.165) is 11.4 Å². The highest BCUT2D eigenvalue weighted by atomic mass is 15.1. The number of rotatable bonds is 6. The first-order valence-corrected chi connectivity index (χ1v) is 9.97. The summed E-state index contributed by atoms with van der Waals surface area (Å²) in [5, 5.41) is 2.39. The fourth-order valence-corrected chi connectivity index (χ4v) is 2.99. The standard InChI is InChI=1S/C27H32N2/c1-5-6-14-24-15-9-10-17-26(24)23(2)29(22-12-8-7-11-21-28)25-16-13-19-27(3,4)20-18-25/h5-22H,28H2,1-4H3/b6-5-,8-7-,21-11-,22-12+,24-14-,26-23+. The van der Waals surface area contributed by atoms with E-state index in [9.17, 15) is 0 Å². The average Bonchev–Trinajstić information content (AvgIpc) is 2.89. The molecule has 0 atom stereocenters. The van der Waals surface area contributed by atoms with Crippen LogP contribution in [-0.2, 0) is 0 Å². The molecule has 0 bridgehead atoms. The second-order valence-electron chi connectivity index (χ2n) is 7.45. The van der Waals surface area contributed by atoms with Gasteiger partial charge in [0.25, 0.3) is 0 Å². The summed E-state index contributed by atoms with van der Waals surface area (Å²) in [6, 6.07) is 8.47. The van der Waals surface area contributed by atoms with Gasteiger partial charge in [0.05, 0.1) is 0 Å². The topological polar surface area (TPSA) is 29.3 Å². The van der Waals surface area contributed by atoms with E-state index in [1.54, 1.807) is 0 Å². The summed E-state index contributed by atoms with van der Waals surface area (Å²) in [5.74, 6) is 0. The summed E-state index contributed by atoms with van der Waals surface area (Å²) in [7, 11) is 0. The van der Waals surface area contributed by atoms with Gasteiger partial charge in [-0.15, -0.1) is 0 Å². The molecule has 1 aliphatic rings. The van der Waals surface area contributed by atoms with Crippen LogP contribution in [0.15, 0.2) is 109 Å². The molecule has 2 N–H and O–H groups in total. The molecule has 0 aromatic heterocycles. The van der Waals surface area contributed by atoms with Crippen molar-refractivity contribution in [2.75, 3.05) is 0 Å². The van der Waals surface area contributed by atoms with E-state index in [-0.39, 0.29) is 5.41 Å². The van der Waals surface area contributed by atoms with Gasteiger partial charge in [-0.3, -0.25) is 0 Å². The van der Waals surface area contributed by atoms with Crippen LogP contribution in [0.5, 0.6) is 0 Å². The van der Waals surface area contributed by atoms with Gasteiger partial charge in [-0.1, -0.05) is 86.7 Å². The maximum Gasteiger partial charge on any atom is 0.0449 e. The molecule has 0 saturated carbocycles. The van der Waals surface area contributed by atoms with E-state index in [1.807, 2.05) is 37.3 Å². The molecule has 29 heavy (non-hydrogen) atoms. The Balaban J connectivity index is 2.63. The van der Waals surface area contributed by atoms with E-state index in [0.29, 0.717) is 0 Å². The van der Waals surface area contributed by atoms with Crippen LogP contribution in [0.25, 0.3) is 11.8 Å². The Morgan fingerprint density at radius 3 is 2.52 bits per heavy atom. The Morgan fingerprint density at radius 1 is 1.00 bits per heavy atom. The van der Waals surface area contributed by atoms with Gasteiger partial charge in [-0.25, -0.2) is 0 Å². The number of nitrogens with two attached hydrogens (primary N) is 1. The van der Waals surface area contributed by atoms with Crippen molar-refractivity contribution in [1.82, 2.24) is 4.90 Å². The first kappa shape index (κ1) is 22.0. The minimum Gasteiger partial charge on any atom is -0.405 e. The molecule has 0 aliphatic heterocycles. The van der Waals surface area contributed by atoms with Gasteiger partial charge < -0.3 is 10.6 Å². The molecule has 1 aromatic carbocycles. The smallest absolute Gasteiger partial charge is 0.0449 e. The van der Waals surface area contributed by atoms with Crippen LogP contribution in [0.4, 0.5) is 0 Å². The molecule has 0 spiro atoms. The van der Waals surface area contributed by atoms with Crippen LogP contribution in [0.3, 0.4) is 0 Å². The van der Waals surface area contributed by atoms with Crippen LogP contribution in [0.1, 0.15) is 27.7 Å². The van der Waals surface area contributed by atoms with Gasteiger partial charge in [0.15, 0.2) is 0 Å². The molecule has 0 saturated heterocycles. The minimum atomic E-state index is 0.0327. The van der Waals surface area contributed by atoms with Gasteiger partial charge in [0.1, 0.15) is 0 Å². The lowest BCUT2D eigenvalue weighted by Gasteiger charge is -2.23. The third kappa shape index (κ3) is 6.69. The van der Waals surface area contributed by atoms with Crippen LogP contribution >= 0.6 is 0 Å². The lowest BCUT2D eigenvalue weighted by atomic mass is 9.93. The predicted molar refractivity (Wildman–Crippen MR) is 128 cm³/mol. The number of benzene rings is 1. The first-order chi connectivity index (χ1) is 14.0. The van der Waals surface area contributed by atoms with Gasteiger partial charge >= 0.3 is 0 Å². The van der Waals surface area contributed by atoms with Crippen molar-refractivity contribution < 1.29 is 0 Å². The molecule has 2 rings (SSSR count). The fourth-order valence-electron chi connectivity index (χ4n) is 2.99. The molecule has 150 valence electrons. The SMILES string of the molecule is C\C=C/C=c1/cccc/c1=C(/C)N(/C=C/C=C\C=C/N)C1=CC=CC(C)(C)C=C1. The van der Waals surface area contributed by atoms with E-state index in [1.165, 1.54) is 16.6 Å². The summed E-state index contributed by atoms with van der Waals surface area (Å²) < 4.78 is 0. The van der Waals surface area contributed by atoms with Crippen LogP contribution in [0, 0.1) is 5.41 Å². The van der Waals surface area contributed by atoms with Crippen molar-refractivity contribution in [3.05, 3.63) is 120 Å². The Bertz CT molecular complexity index is 1010. The molecule has 0 amide bonds. The second-order valence-corrected chi connectivity index (χ2v) is 7.45. The Kier molecular flexibility index (Phi) is 8.29. The van der Waals surface area contributed by atoms with Crippen molar-refractivity contribution in [1.29, 1.82) is 0 Å². The summed E-state index contributed by atoms with van der Waals surface area (Å²) in [4.78, 5) is 2.22. The van der Waals surface area contributed by atoms with Gasteiger partial charge in [0, 0.05) is 28.2 Å². The summed E-state index contributed by atoms with van der Waals surface area (Å²) in [5.41, 5.74) is 7.71. The maximum atomic E-state index is 5.41. The zero-order chi connectivity index (χ0) is 21.1. The Hall–Kier alpha value is -3.26. The number of allylic oxidation sites excluding steroid dienone is 11.